The van der Waals surface area contributed by atoms with E-state index in [0.717, 1.165) is 11.0 Å². The number of hydrogen-bond donors (Lipinski definition) is 1. The van der Waals surface area contributed by atoms with Gasteiger partial charge in [-0.05, 0) is 12.1 Å². The Morgan fingerprint density at radius 3 is 2.67 bits per heavy atom. The minimum absolute atomic E-state index is 0.0742. The molecule has 144 valence electrons. The number of ether oxygens (including phenoxy) is 1. The van der Waals surface area contributed by atoms with Crippen LogP contribution in [0.25, 0.3) is 11.0 Å². The van der Waals surface area contributed by atoms with E-state index >= 15 is 0 Å². The number of primary amides is 1. The van der Waals surface area contributed by atoms with Crippen molar-refractivity contribution >= 4 is 28.8 Å². The van der Waals surface area contributed by atoms with Crippen LogP contribution in [0.1, 0.15) is 12.7 Å². The highest BCUT2D eigenvalue weighted by Gasteiger charge is 2.34. The quantitative estimate of drug-likeness (QED) is 0.775. The Kier molecular flexibility index (Phi) is 5.41. The molecular weight excluding hydrogens is 350 g/mol. The molecule has 2 N–H and O–H groups in total. The summed E-state index contributed by atoms with van der Waals surface area (Å²) in [5.74, 6) is -0.351. The summed E-state index contributed by atoms with van der Waals surface area (Å²) >= 11 is 0. The summed E-state index contributed by atoms with van der Waals surface area (Å²) in [5.41, 5.74) is 7.05. The van der Waals surface area contributed by atoms with E-state index in [1.165, 1.54) is 11.8 Å². The van der Waals surface area contributed by atoms with Crippen molar-refractivity contribution < 1.29 is 19.1 Å². The molecule has 9 nitrogen and oxygen atoms in total. The second-order valence-electron chi connectivity index (χ2n) is 6.51. The third-order valence-electron chi connectivity index (χ3n) is 4.77. The summed E-state index contributed by atoms with van der Waals surface area (Å²) in [6.07, 6.45) is 0. The Morgan fingerprint density at radius 1 is 1.26 bits per heavy atom. The molecule has 2 aromatic rings. The summed E-state index contributed by atoms with van der Waals surface area (Å²) in [4.78, 5) is 43.8. The van der Waals surface area contributed by atoms with Gasteiger partial charge in [-0.3, -0.25) is 14.4 Å². The molecule has 0 saturated carbocycles. The second kappa shape index (κ2) is 7.75. The number of carbonyl (C=O) groups is 3. The molecule has 3 amide bonds. The van der Waals surface area contributed by atoms with Crippen molar-refractivity contribution in [3.05, 3.63) is 30.1 Å². The summed E-state index contributed by atoms with van der Waals surface area (Å²) < 4.78 is 7.02. The normalized spacial score (nSPS) is 17.3. The second-order valence-corrected chi connectivity index (χ2v) is 6.51. The smallest absolute Gasteiger partial charge is 0.242 e. The number of amides is 3. The number of hydrogen-bond acceptors (Lipinski definition) is 5. The average molecular weight is 373 g/mol. The number of piperazine rings is 1. The Balaban J connectivity index is 1.81. The van der Waals surface area contributed by atoms with Gasteiger partial charge in [0.2, 0.25) is 17.7 Å². The molecule has 27 heavy (non-hydrogen) atoms. The largest absolute Gasteiger partial charge is 0.377 e. The Morgan fingerprint density at radius 2 is 2.00 bits per heavy atom. The van der Waals surface area contributed by atoms with Gasteiger partial charge in [0.15, 0.2) is 0 Å². The lowest BCUT2D eigenvalue weighted by molar-refractivity contribution is -0.146. The average Bonchev–Trinajstić information content (AvgIpc) is 2.98. The van der Waals surface area contributed by atoms with Crippen LogP contribution in [-0.4, -0.2) is 69.9 Å². The van der Waals surface area contributed by atoms with E-state index in [9.17, 15) is 14.4 Å². The Bertz CT molecular complexity index is 878. The lowest BCUT2D eigenvalue weighted by Gasteiger charge is -2.39. The van der Waals surface area contributed by atoms with E-state index in [1.54, 1.807) is 12.0 Å². The maximum atomic E-state index is 12.9. The molecule has 1 aliphatic rings. The van der Waals surface area contributed by atoms with Crippen molar-refractivity contribution in [2.75, 3.05) is 26.7 Å². The number of aromatic nitrogens is 2. The van der Waals surface area contributed by atoms with Crippen molar-refractivity contribution in [2.45, 2.75) is 26.1 Å². The molecule has 2 heterocycles. The first-order valence-electron chi connectivity index (χ1n) is 8.69. The molecule has 0 bridgehead atoms. The van der Waals surface area contributed by atoms with Crippen LogP contribution in [0.15, 0.2) is 24.3 Å². The van der Waals surface area contributed by atoms with E-state index in [4.69, 9.17) is 10.5 Å². The number of nitrogens with zero attached hydrogens (tertiary/aromatic N) is 4. The number of para-hydroxylation sites is 2. The molecule has 1 aromatic carbocycles. The fourth-order valence-electron chi connectivity index (χ4n) is 3.41. The maximum Gasteiger partial charge on any atom is 0.242 e. The zero-order chi connectivity index (χ0) is 19.6. The van der Waals surface area contributed by atoms with Crippen molar-refractivity contribution in [1.29, 1.82) is 0 Å². The summed E-state index contributed by atoms with van der Waals surface area (Å²) in [5, 5.41) is 0. The van der Waals surface area contributed by atoms with Gasteiger partial charge < -0.3 is 24.8 Å². The molecule has 1 aliphatic heterocycles. The molecular formula is C18H23N5O4. The number of methoxy groups -OCH3 is 1. The first-order chi connectivity index (χ1) is 12.9. The SMILES string of the molecule is COCc1nc2ccccc2n1CC(=O)N1CCN(C(C)=O)C(C(N)=O)C1. The molecule has 0 spiro atoms. The van der Waals surface area contributed by atoms with Gasteiger partial charge in [0.25, 0.3) is 0 Å². The maximum absolute atomic E-state index is 12.9. The molecule has 0 aliphatic carbocycles. The lowest BCUT2D eigenvalue weighted by Crippen LogP contribution is -2.60. The molecule has 0 radical (unpaired) electrons. The van der Waals surface area contributed by atoms with Crippen molar-refractivity contribution in [3.63, 3.8) is 0 Å². The highest BCUT2D eigenvalue weighted by Crippen LogP contribution is 2.18. The van der Waals surface area contributed by atoms with Gasteiger partial charge in [-0.25, -0.2) is 4.98 Å². The van der Waals surface area contributed by atoms with Crippen molar-refractivity contribution in [2.24, 2.45) is 5.73 Å². The van der Waals surface area contributed by atoms with Crippen LogP contribution in [-0.2, 0) is 32.3 Å². The molecule has 1 saturated heterocycles. The number of fused-ring (bicyclic) bond motifs is 1. The third-order valence-corrected chi connectivity index (χ3v) is 4.77. The van der Waals surface area contributed by atoms with Gasteiger partial charge in [-0.15, -0.1) is 0 Å². The summed E-state index contributed by atoms with van der Waals surface area (Å²) in [7, 11) is 1.57. The number of nitrogens with two attached hydrogens (primary N) is 1. The van der Waals surface area contributed by atoms with Crippen LogP contribution in [0, 0.1) is 0 Å². The predicted octanol–water partition coefficient (Wildman–Crippen LogP) is -0.273. The van der Waals surface area contributed by atoms with E-state index in [1.807, 2.05) is 28.8 Å². The van der Waals surface area contributed by atoms with Gasteiger partial charge in [0.1, 0.15) is 25.0 Å². The molecule has 1 unspecified atom stereocenters. The van der Waals surface area contributed by atoms with Crippen LogP contribution in [0.2, 0.25) is 0 Å². The first kappa shape index (κ1) is 18.8. The van der Waals surface area contributed by atoms with Gasteiger partial charge >= 0.3 is 0 Å². The van der Waals surface area contributed by atoms with Gasteiger partial charge in [0, 0.05) is 27.1 Å². The topological polar surface area (TPSA) is 111 Å². The Labute approximate surface area is 156 Å². The number of benzene rings is 1. The van der Waals surface area contributed by atoms with Crippen LogP contribution >= 0.6 is 0 Å². The van der Waals surface area contributed by atoms with Crippen molar-refractivity contribution in [1.82, 2.24) is 19.4 Å². The number of carbonyl (C=O) groups excluding carboxylic acids is 3. The summed E-state index contributed by atoms with van der Waals surface area (Å²) in [6, 6.07) is 6.74. The van der Waals surface area contributed by atoms with E-state index in [-0.39, 0.29) is 38.1 Å². The molecule has 9 heteroatoms. The highest BCUT2D eigenvalue weighted by atomic mass is 16.5. The zero-order valence-corrected chi connectivity index (χ0v) is 15.4. The van der Waals surface area contributed by atoms with E-state index in [2.05, 4.69) is 4.98 Å². The fraction of sp³-hybridized carbons (Fsp3) is 0.444. The minimum atomic E-state index is -0.807. The zero-order valence-electron chi connectivity index (χ0n) is 15.4. The van der Waals surface area contributed by atoms with Gasteiger partial charge in [-0.1, -0.05) is 12.1 Å². The standard InChI is InChI=1S/C18H23N5O4/c1-12(24)22-8-7-21(9-15(22)18(19)26)17(25)10-23-14-6-4-3-5-13(14)20-16(23)11-27-2/h3-6,15H,7-11H2,1-2H3,(H2,19,26). The monoisotopic (exact) mass is 373 g/mol. The fourth-order valence-corrected chi connectivity index (χ4v) is 3.41. The van der Waals surface area contributed by atoms with Crippen LogP contribution < -0.4 is 5.73 Å². The Hall–Kier alpha value is -2.94. The molecule has 3 rings (SSSR count). The van der Waals surface area contributed by atoms with Crippen LogP contribution in [0.5, 0.6) is 0 Å². The van der Waals surface area contributed by atoms with Crippen molar-refractivity contribution in [3.8, 4) is 0 Å². The van der Waals surface area contributed by atoms with Crippen LogP contribution in [0.3, 0.4) is 0 Å². The first-order valence-corrected chi connectivity index (χ1v) is 8.69. The molecule has 1 atom stereocenters. The lowest BCUT2D eigenvalue weighted by atomic mass is 10.1. The van der Waals surface area contributed by atoms with Gasteiger partial charge in [0.05, 0.1) is 17.6 Å². The number of rotatable bonds is 5. The minimum Gasteiger partial charge on any atom is -0.377 e. The van der Waals surface area contributed by atoms with Gasteiger partial charge in [-0.2, -0.15) is 0 Å². The predicted molar refractivity (Wildman–Crippen MR) is 97.4 cm³/mol. The molecule has 1 fully saturated rings. The number of imidazole rings is 1. The van der Waals surface area contributed by atoms with E-state index < -0.39 is 11.9 Å². The molecule has 1 aromatic heterocycles. The van der Waals surface area contributed by atoms with Crippen LogP contribution in [0.4, 0.5) is 0 Å². The van der Waals surface area contributed by atoms with E-state index in [0.29, 0.717) is 12.4 Å². The third kappa shape index (κ3) is 3.77. The summed E-state index contributed by atoms with van der Waals surface area (Å²) in [6.45, 7) is 2.48. The highest BCUT2D eigenvalue weighted by molar-refractivity contribution is 5.88.